The van der Waals surface area contributed by atoms with Crippen molar-refractivity contribution in [2.45, 2.75) is 18.9 Å². The average molecular weight is 471 g/mol. The Hall–Kier alpha value is -2.93. The zero-order chi connectivity index (χ0) is 21.3. The molecule has 1 amide bonds. The molecule has 154 valence electrons. The van der Waals surface area contributed by atoms with Crippen molar-refractivity contribution in [2.75, 3.05) is 13.7 Å². The van der Waals surface area contributed by atoms with Gasteiger partial charge in [0.1, 0.15) is 28.5 Å². The molecule has 1 atom stereocenters. The van der Waals surface area contributed by atoms with Gasteiger partial charge in [-0.05, 0) is 70.4 Å². The molecule has 4 rings (SSSR count). The van der Waals surface area contributed by atoms with E-state index in [1.165, 1.54) is 13.2 Å². The van der Waals surface area contributed by atoms with Crippen LogP contribution < -0.4 is 14.8 Å². The van der Waals surface area contributed by atoms with Crippen molar-refractivity contribution in [3.8, 4) is 11.5 Å². The van der Waals surface area contributed by atoms with Crippen LogP contribution in [0, 0.1) is 12.7 Å². The van der Waals surface area contributed by atoms with E-state index in [4.69, 9.17) is 9.47 Å². The molecule has 1 aliphatic heterocycles. The molecule has 0 saturated heterocycles. The zero-order valence-corrected chi connectivity index (χ0v) is 18.1. The van der Waals surface area contributed by atoms with Crippen LogP contribution in [-0.4, -0.2) is 24.6 Å². The van der Waals surface area contributed by atoms with Crippen molar-refractivity contribution >= 4 is 21.8 Å². The maximum Gasteiger partial charge on any atom is 0.252 e. The summed E-state index contributed by atoms with van der Waals surface area (Å²) in [6.07, 6.45) is 2.06. The van der Waals surface area contributed by atoms with Gasteiger partial charge in [0.15, 0.2) is 0 Å². The van der Waals surface area contributed by atoms with E-state index in [0.29, 0.717) is 46.9 Å². The first kappa shape index (κ1) is 20.3. The lowest BCUT2D eigenvalue weighted by atomic mass is 9.80. The lowest BCUT2D eigenvalue weighted by molar-refractivity contribution is 0.0883. The number of rotatable bonds is 4. The number of carbonyl (C=O) groups is 1. The predicted molar refractivity (Wildman–Crippen MR) is 114 cm³/mol. The normalized spacial score (nSPS) is 17.6. The highest BCUT2D eigenvalue weighted by Crippen LogP contribution is 2.41. The second kappa shape index (κ2) is 8.07. The van der Waals surface area contributed by atoms with Gasteiger partial charge in [0, 0.05) is 18.2 Å². The second-order valence-electron chi connectivity index (χ2n) is 7.12. The van der Waals surface area contributed by atoms with Crippen LogP contribution in [0.2, 0.25) is 0 Å². The molecule has 30 heavy (non-hydrogen) atoms. The number of ether oxygens (including phenoxy) is 2. The van der Waals surface area contributed by atoms with Crippen molar-refractivity contribution in [3.63, 3.8) is 0 Å². The summed E-state index contributed by atoms with van der Waals surface area (Å²) in [4.78, 5) is 17.8. The molecule has 1 aliphatic rings. The van der Waals surface area contributed by atoms with Crippen LogP contribution in [0.15, 0.2) is 59.2 Å². The molecule has 7 heteroatoms. The van der Waals surface area contributed by atoms with Crippen LogP contribution in [0.1, 0.15) is 33.6 Å². The fourth-order valence-corrected chi connectivity index (χ4v) is 4.07. The number of fused-ring (bicyclic) bond motifs is 1. The number of amides is 1. The Balaban J connectivity index is 1.83. The third-order valence-electron chi connectivity index (χ3n) is 5.31. The molecule has 0 radical (unpaired) electrons. The Labute approximate surface area is 182 Å². The topological polar surface area (TPSA) is 60.5 Å². The number of nitrogens with zero attached hydrogens (tertiary/aromatic N) is 1. The summed E-state index contributed by atoms with van der Waals surface area (Å²) in [5.41, 5.74) is 1.10. The summed E-state index contributed by atoms with van der Waals surface area (Å²) < 4.78 is 26.3. The lowest BCUT2D eigenvalue weighted by Gasteiger charge is -2.39. The summed E-state index contributed by atoms with van der Waals surface area (Å²) in [6.45, 7) is 2.06. The quantitative estimate of drug-likeness (QED) is 0.597. The van der Waals surface area contributed by atoms with Gasteiger partial charge < -0.3 is 14.8 Å². The third kappa shape index (κ3) is 3.54. The van der Waals surface area contributed by atoms with Gasteiger partial charge in [-0.3, -0.25) is 9.78 Å². The van der Waals surface area contributed by atoms with Crippen LogP contribution in [0.25, 0.3) is 0 Å². The van der Waals surface area contributed by atoms with Crippen LogP contribution in [-0.2, 0) is 5.54 Å². The van der Waals surface area contributed by atoms with Crippen LogP contribution in [0.3, 0.4) is 0 Å². The van der Waals surface area contributed by atoms with Gasteiger partial charge in [0.05, 0.1) is 18.2 Å². The highest BCUT2D eigenvalue weighted by Gasteiger charge is 2.42. The molecular weight excluding hydrogens is 451 g/mol. The Kier molecular flexibility index (Phi) is 5.47. The lowest BCUT2D eigenvalue weighted by Crippen LogP contribution is -2.50. The van der Waals surface area contributed by atoms with E-state index in [-0.39, 0.29) is 11.7 Å². The van der Waals surface area contributed by atoms with E-state index in [1.54, 1.807) is 49.5 Å². The number of methoxy groups -OCH3 is 1. The van der Waals surface area contributed by atoms with Crippen molar-refractivity contribution < 1.29 is 18.7 Å². The average Bonchev–Trinajstić information content (AvgIpc) is 2.76. The van der Waals surface area contributed by atoms with E-state index in [1.807, 2.05) is 6.07 Å². The predicted octanol–water partition coefficient (Wildman–Crippen LogP) is 4.76. The summed E-state index contributed by atoms with van der Waals surface area (Å²) in [6, 6.07) is 13.7. The number of aromatic nitrogens is 1. The highest BCUT2D eigenvalue weighted by molar-refractivity contribution is 9.10. The van der Waals surface area contributed by atoms with E-state index >= 15 is 0 Å². The molecule has 5 nitrogen and oxygen atoms in total. The SMILES string of the molecule is COc1cc(C(=O)N[C@]2(c3ccc(C)c(F)c3)CCOc3cccnc32)ccc1Br. The van der Waals surface area contributed by atoms with Gasteiger partial charge in [0.2, 0.25) is 0 Å². The van der Waals surface area contributed by atoms with Gasteiger partial charge in [-0.1, -0.05) is 12.1 Å². The van der Waals surface area contributed by atoms with Gasteiger partial charge >= 0.3 is 0 Å². The van der Waals surface area contributed by atoms with Crippen molar-refractivity contribution in [1.29, 1.82) is 0 Å². The molecule has 1 aromatic heterocycles. The maximum absolute atomic E-state index is 14.5. The van der Waals surface area contributed by atoms with Gasteiger partial charge in [-0.2, -0.15) is 0 Å². The zero-order valence-electron chi connectivity index (χ0n) is 16.5. The van der Waals surface area contributed by atoms with Crippen LogP contribution in [0.4, 0.5) is 4.39 Å². The summed E-state index contributed by atoms with van der Waals surface area (Å²) in [5, 5.41) is 3.12. The first-order chi connectivity index (χ1) is 14.4. The fourth-order valence-electron chi connectivity index (χ4n) is 3.66. The molecule has 0 aliphatic carbocycles. The minimum atomic E-state index is -1.03. The number of halogens is 2. The standard InChI is InChI=1S/C23H20BrFN2O3/c1-14-5-7-16(13-18(14)25)23(9-11-30-19-4-3-10-26-21(19)23)27-22(28)15-6-8-17(24)20(12-15)29-2/h3-8,10,12-13H,9,11H2,1-2H3,(H,27,28)/t23-/m0/s1. The molecule has 3 aromatic rings. The number of aryl methyl sites for hydroxylation is 1. The van der Waals surface area contributed by atoms with Crippen molar-refractivity contribution in [2.24, 2.45) is 0 Å². The first-order valence-electron chi connectivity index (χ1n) is 9.45. The third-order valence-corrected chi connectivity index (χ3v) is 5.97. The van der Waals surface area contributed by atoms with Crippen molar-refractivity contribution in [3.05, 3.63) is 87.4 Å². The summed E-state index contributed by atoms with van der Waals surface area (Å²) in [7, 11) is 1.54. The van der Waals surface area contributed by atoms with Crippen LogP contribution in [0.5, 0.6) is 11.5 Å². The monoisotopic (exact) mass is 470 g/mol. The Bertz CT molecular complexity index is 1120. The molecular formula is C23H20BrFN2O3. The first-order valence-corrected chi connectivity index (χ1v) is 10.2. The molecule has 0 fully saturated rings. The minimum Gasteiger partial charge on any atom is -0.496 e. The summed E-state index contributed by atoms with van der Waals surface area (Å²) in [5.74, 6) is 0.456. The fraction of sp³-hybridized carbons (Fsp3) is 0.217. The minimum absolute atomic E-state index is 0.319. The molecule has 0 unspecified atom stereocenters. The number of nitrogens with one attached hydrogen (secondary N) is 1. The highest BCUT2D eigenvalue weighted by atomic mass is 79.9. The molecule has 0 spiro atoms. The Morgan fingerprint density at radius 3 is 2.87 bits per heavy atom. The van der Waals surface area contributed by atoms with E-state index in [9.17, 15) is 9.18 Å². The summed E-state index contributed by atoms with van der Waals surface area (Å²) >= 11 is 3.40. The largest absolute Gasteiger partial charge is 0.496 e. The van der Waals surface area contributed by atoms with E-state index < -0.39 is 5.54 Å². The molecule has 1 N–H and O–H groups in total. The number of pyridine rings is 1. The number of hydrogen-bond donors (Lipinski definition) is 1. The Morgan fingerprint density at radius 2 is 2.10 bits per heavy atom. The molecule has 0 saturated carbocycles. The van der Waals surface area contributed by atoms with Gasteiger partial charge in [-0.25, -0.2) is 4.39 Å². The van der Waals surface area contributed by atoms with Crippen molar-refractivity contribution in [1.82, 2.24) is 10.3 Å². The second-order valence-corrected chi connectivity index (χ2v) is 7.98. The number of carbonyl (C=O) groups excluding carboxylic acids is 1. The van der Waals surface area contributed by atoms with E-state index in [0.717, 1.165) is 4.47 Å². The smallest absolute Gasteiger partial charge is 0.252 e. The van der Waals surface area contributed by atoms with Gasteiger partial charge in [-0.15, -0.1) is 0 Å². The maximum atomic E-state index is 14.5. The van der Waals surface area contributed by atoms with Gasteiger partial charge in [0.25, 0.3) is 5.91 Å². The number of benzene rings is 2. The molecule has 0 bridgehead atoms. The van der Waals surface area contributed by atoms with Crippen LogP contribution >= 0.6 is 15.9 Å². The van der Waals surface area contributed by atoms with E-state index in [2.05, 4.69) is 26.2 Å². The molecule has 2 heterocycles. The molecule has 2 aromatic carbocycles. The number of hydrogen-bond acceptors (Lipinski definition) is 4. The Morgan fingerprint density at radius 1 is 1.27 bits per heavy atom.